The number of aromatic nitrogens is 2. The van der Waals surface area contributed by atoms with Crippen LogP contribution in [-0.4, -0.2) is 21.4 Å². The molecule has 1 atom stereocenters. The molecule has 0 amide bonds. The van der Waals surface area contributed by atoms with Crippen LogP contribution in [0.2, 0.25) is 0 Å². The molecule has 0 radical (unpaired) electrons. The summed E-state index contributed by atoms with van der Waals surface area (Å²) in [6.45, 7) is 4.15. The second-order valence-electron chi connectivity index (χ2n) is 6.20. The van der Waals surface area contributed by atoms with Gasteiger partial charge in [0.1, 0.15) is 11.6 Å². The van der Waals surface area contributed by atoms with E-state index in [1.807, 2.05) is 0 Å². The van der Waals surface area contributed by atoms with Gasteiger partial charge in [0.15, 0.2) is 0 Å². The van der Waals surface area contributed by atoms with Crippen LogP contribution in [0.3, 0.4) is 0 Å². The zero-order valence-corrected chi connectivity index (χ0v) is 13.2. The first kappa shape index (κ1) is 14.4. The molecule has 1 aromatic heterocycles. The number of nitrogens with zero attached hydrogens (tertiary/aromatic N) is 2. The lowest BCUT2D eigenvalue weighted by Crippen LogP contribution is -2.34. The van der Waals surface area contributed by atoms with E-state index < -0.39 is 0 Å². The van der Waals surface area contributed by atoms with Crippen LogP contribution >= 0.6 is 0 Å². The molecule has 0 fully saturated rings. The summed E-state index contributed by atoms with van der Waals surface area (Å²) in [5, 5.41) is 0. The van der Waals surface area contributed by atoms with E-state index in [1.165, 1.54) is 23.3 Å². The Balaban J connectivity index is 1.65. The highest BCUT2D eigenvalue weighted by molar-refractivity contribution is 5.75. The van der Waals surface area contributed by atoms with Crippen molar-refractivity contribution in [2.75, 3.05) is 6.54 Å². The highest BCUT2D eigenvalue weighted by Crippen LogP contribution is 2.29. The number of aromatic amines is 1. The van der Waals surface area contributed by atoms with Gasteiger partial charge in [-0.2, -0.15) is 0 Å². The van der Waals surface area contributed by atoms with Crippen LogP contribution < -0.4 is 0 Å². The Morgan fingerprint density at radius 1 is 1.22 bits per heavy atom. The third kappa shape index (κ3) is 2.63. The Morgan fingerprint density at radius 3 is 2.87 bits per heavy atom. The van der Waals surface area contributed by atoms with Crippen molar-refractivity contribution >= 4 is 11.0 Å². The van der Waals surface area contributed by atoms with Gasteiger partial charge in [0.2, 0.25) is 0 Å². The maximum Gasteiger partial charge on any atom is 0.125 e. The minimum absolute atomic E-state index is 0.229. The van der Waals surface area contributed by atoms with E-state index in [0.717, 1.165) is 42.8 Å². The number of fused-ring (bicyclic) bond motifs is 2. The SMILES string of the molecule is CCC(c1nc2ccc(F)cc2[nH]1)N1CCc2ccccc2C1. The normalized spacial score (nSPS) is 16.4. The van der Waals surface area contributed by atoms with Gasteiger partial charge in [-0.1, -0.05) is 31.2 Å². The molecule has 4 heteroatoms. The zero-order valence-electron chi connectivity index (χ0n) is 13.2. The molecular weight excluding hydrogens is 289 g/mol. The molecule has 2 heterocycles. The van der Waals surface area contributed by atoms with Gasteiger partial charge in [-0.3, -0.25) is 4.90 Å². The van der Waals surface area contributed by atoms with Crippen molar-refractivity contribution in [2.45, 2.75) is 32.4 Å². The van der Waals surface area contributed by atoms with Crippen molar-refractivity contribution in [2.24, 2.45) is 0 Å². The fourth-order valence-electron chi connectivity index (χ4n) is 3.57. The number of nitrogens with one attached hydrogen (secondary N) is 1. The second-order valence-corrected chi connectivity index (χ2v) is 6.20. The number of H-pyrrole nitrogens is 1. The van der Waals surface area contributed by atoms with Gasteiger partial charge < -0.3 is 4.98 Å². The average molecular weight is 309 g/mol. The zero-order chi connectivity index (χ0) is 15.8. The predicted molar refractivity (Wildman–Crippen MR) is 89.6 cm³/mol. The van der Waals surface area contributed by atoms with E-state index in [9.17, 15) is 4.39 Å². The van der Waals surface area contributed by atoms with Gasteiger partial charge in [-0.05, 0) is 42.2 Å². The summed E-state index contributed by atoms with van der Waals surface area (Å²) in [7, 11) is 0. The molecule has 0 saturated heterocycles. The van der Waals surface area contributed by atoms with Crippen molar-refractivity contribution in [3.8, 4) is 0 Å². The maximum absolute atomic E-state index is 13.4. The Morgan fingerprint density at radius 2 is 2.04 bits per heavy atom. The highest BCUT2D eigenvalue weighted by atomic mass is 19.1. The second kappa shape index (κ2) is 5.78. The van der Waals surface area contributed by atoms with Gasteiger partial charge >= 0.3 is 0 Å². The highest BCUT2D eigenvalue weighted by Gasteiger charge is 2.25. The standard InChI is InChI=1S/C19H20FN3/c1-2-18(19-21-16-8-7-15(20)11-17(16)22-19)23-10-9-13-5-3-4-6-14(13)12-23/h3-8,11,18H,2,9-10,12H2,1H3,(H,21,22). The Bertz CT molecular complexity index is 840. The lowest BCUT2D eigenvalue weighted by atomic mass is 9.98. The quantitative estimate of drug-likeness (QED) is 0.786. The first-order chi connectivity index (χ1) is 11.2. The Labute approximate surface area is 135 Å². The van der Waals surface area contributed by atoms with Crippen LogP contribution in [0.5, 0.6) is 0 Å². The summed E-state index contributed by atoms with van der Waals surface area (Å²) < 4.78 is 13.4. The van der Waals surface area contributed by atoms with Gasteiger partial charge in [-0.25, -0.2) is 9.37 Å². The van der Waals surface area contributed by atoms with E-state index in [0.29, 0.717) is 0 Å². The molecule has 2 aromatic carbocycles. The molecule has 23 heavy (non-hydrogen) atoms. The van der Waals surface area contributed by atoms with E-state index in [-0.39, 0.29) is 11.9 Å². The van der Waals surface area contributed by atoms with Gasteiger partial charge in [0.05, 0.1) is 17.1 Å². The molecule has 0 aliphatic carbocycles. The largest absolute Gasteiger partial charge is 0.341 e. The molecule has 1 aliphatic heterocycles. The van der Waals surface area contributed by atoms with Crippen LogP contribution in [0.1, 0.15) is 36.3 Å². The lowest BCUT2D eigenvalue weighted by molar-refractivity contribution is 0.168. The molecular formula is C19H20FN3. The topological polar surface area (TPSA) is 31.9 Å². The van der Waals surface area contributed by atoms with Gasteiger partial charge in [0, 0.05) is 13.1 Å². The summed E-state index contributed by atoms with van der Waals surface area (Å²) in [6, 6.07) is 13.6. The first-order valence-corrected chi connectivity index (χ1v) is 8.20. The van der Waals surface area contributed by atoms with Crippen LogP contribution in [-0.2, 0) is 13.0 Å². The van der Waals surface area contributed by atoms with E-state index in [4.69, 9.17) is 4.98 Å². The molecule has 4 rings (SSSR count). The Kier molecular flexibility index (Phi) is 3.62. The molecule has 1 unspecified atom stereocenters. The minimum atomic E-state index is -0.229. The van der Waals surface area contributed by atoms with Crippen LogP contribution in [0.4, 0.5) is 4.39 Å². The summed E-state index contributed by atoms with van der Waals surface area (Å²) in [6.07, 6.45) is 2.05. The third-order valence-electron chi connectivity index (χ3n) is 4.77. The minimum Gasteiger partial charge on any atom is -0.341 e. The molecule has 118 valence electrons. The van der Waals surface area contributed by atoms with Crippen LogP contribution in [0.15, 0.2) is 42.5 Å². The van der Waals surface area contributed by atoms with E-state index in [1.54, 1.807) is 6.07 Å². The van der Waals surface area contributed by atoms with Gasteiger partial charge in [0.25, 0.3) is 0 Å². The summed E-state index contributed by atoms with van der Waals surface area (Å²) in [5.41, 5.74) is 4.46. The molecule has 0 spiro atoms. The molecule has 1 N–H and O–H groups in total. The number of imidazole rings is 1. The van der Waals surface area contributed by atoms with Crippen molar-refractivity contribution in [3.05, 3.63) is 65.2 Å². The third-order valence-corrected chi connectivity index (χ3v) is 4.77. The summed E-state index contributed by atoms with van der Waals surface area (Å²) >= 11 is 0. The summed E-state index contributed by atoms with van der Waals surface area (Å²) in [5.74, 6) is 0.708. The number of rotatable bonds is 3. The van der Waals surface area contributed by atoms with Crippen LogP contribution in [0.25, 0.3) is 11.0 Å². The smallest absolute Gasteiger partial charge is 0.125 e. The summed E-state index contributed by atoms with van der Waals surface area (Å²) in [4.78, 5) is 10.5. The molecule has 3 nitrogen and oxygen atoms in total. The number of hydrogen-bond acceptors (Lipinski definition) is 2. The predicted octanol–water partition coefficient (Wildman–Crippen LogP) is 4.21. The molecule has 1 aliphatic rings. The molecule has 0 saturated carbocycles. The average Bonchev–Trinajstić information content (AvgIpc) is 2.98. The van der Waals surface area contributed by atoms with Crippen molar-refractivity contribution in [1.29, 1.82) is 0 Å². The van der Waals surface area contributed by atoms with Crippen LogP contribution in [0, 0.1) is 5.82 Å². The van der Waals surface area contributed by atoms with Crippen molar-refractivity contribution in [3.63, 3.8) is 0 Å². The van der Waals surface area contributed by atoms with Gasteiger partial charge in [-0.15, -0.1) is 0 Å². The lowest BCUT2D eigenvalue weighted by Gasteiger charge is -2.34. The number of benzene rings is 2. The Hall–Kier alpha value is -2.20. The molecule has 3 aromatic rings. The molecule has 0 bridgehead atoms. The fourth-order valence-corrected chi connectivity index (χ4v) is 3.57. The fraction of sp³-hybridized carbons (Fsp3) is 0.316. The van der Waals surface area contributed by atoms with E-state index >= 15 is 0 Å². The first-order valence-electron chi connectivity index (χ1n) is 8.20. The monoisotopic (exact) mass is 309 g/mol. The number of halogens is 1. The van der Waals surface area contributed by atoms with Crippen molar-refractivity contribution < 1.29 is 4.39 Å². The maximum atomic E-state index is 13.4. The van der Waals surface area contributed by atoms with E-state index in [2.05, 4.69) is 41.1 Å². The number of hydrogen-bond donors (Lipinski definition) is 1. The van der Waals surface area contributed by atoms with Crippen molar-refractivity contribution in [1.82, 2.24) is 14.9 Å².